The number of hydrogen-bond donors (Lipinski definition) is 2. The van der Waals surface area contributed by atoms with Crippen molar-refractivity contribution in [2.24, 2.45) is 7.05 Å². The summed E-state index contributed by atoms with van der Waals surface area (Å²) >= 11 is 1.34. The second-order valence-corrected chi connectivity index (χ2v) is 6.33. The topological polar surface area (TPSA) is 97.1 Å². The SMILES string of the molecule is Cn1cc(-c2nc(C(=O)NC(CC(=O)O)c3ccccc3)cs2)cn1. The molecule has 25 heavy (non-hydrogen) atoms. The van der Waals surface area contributed by atoms with E-state index in [0.29, 0.717) is 5.01 Å². The summed E-state index contributed by atoms with van der Waals surface area (Å²) in [5.41, 5.74) is 1.83. The zero-order valence-electron chi connectivity index (χ0n) is 13.4. The maximum Gasteiger partial charge on any atom is 0.305 e. The van der Waals surface area contributed by atoms with Crippen LogP contribution in [0.2, 0.25) is 0 Å². The number of carboxylic acids is 1. The second-order valence-electron chi connectivity index (χ2n) is 5.48. The Morgan fingerprint density at radius 2 is 2.08 bits per heavy atom. The molecule has 0 saturated heterocycles. The summed E-state index contributed by atoms with van der Waals surface area (Å²) in [6.45, 7) is 0. The molecule has 2 heterocycles. The predicted molar refractivity (Wildman–Crippen MR) is 93.2 cm³/mol. The van der Waals surface area contributed by atoms with Crippen molar-refractivity contribution in [3.05, 3.63) is 59.4 Å². The minimum absolute atomic E-state index is 0.199. The summed E-state index contributed by atoms with van der Waals surface area (Å²) in [5, 5.41) is 18.3. The van der Waals surface area contributed by atoms with Gasteiger partial charge in [0.25, 0.3) is 5.91 Å². The fraction of sp³-hybridized carbons (Fsp3) is 0.176. The van der Waals surface area contributed by atoms with Gasteiger partial charge in [0.05, 0.1) is 18.7 Å². The smallest absolute Gasteiger partial charge is 0.305 e. The maximum absolute atomic E-state index is 12.5. The zero-order valence-corrected chi connectivity index (χ0v) is 14.2. The first kappa shape index (κ1) is 16.8. The van der Waals surface area contributed by atoms with Gasteiger partial charge in [0.2, 0.25) is 0 Å². The number of hydrogen-bond acceptors (Lipinski definition) is 5. The van der Waals surface area contributed by atoms with Crippen LogP contribution in [0.15, 0.2) is 48.1 Å². The van der Waals surface area contributed by atoms with E-state index < -0.39 is 17.9 Å². The van der Waals surface area contributed by atoms with E-state index in [9.17, 15) is 9.59 Å². The van der Waals surface area contributed by atoms with Gasteiger partial charge in [-0.1, -0.05) is 30.3 Å². The molecule has 0 fully saturated rings. The molecule has 1 amide bonds. The Kier molecular flexibility index (Phi) is 4.90. The number of aryl methyl sites for hydroxylation is 1. The van der Waals surface area contributed by atoms with Crippen molar-refractivity contribution in [2.45, 2.75) is 12.5 Å². The van der Waals surface area contributed by atoms with E-state index in [2.05, 4.69) is 15.4 Å². The predicted octanol–water partition coefficient (Wildman–Crippen LogP) is 2.49. The minimum atomic E-state index is -0.983. The van der Waals surface area contributed by atoms with Crippen LogP contribution in [0.25, 0.3) is 10.6 Å². The van der Waals surface area contributed by atoms with E-state index in [4.69, 9.17) is 5.11 Å². The van der Waals surface area contributed by atoms with Crippen LogP contribution < -0.4 is 5.32 Å². The Bertz CT molecular complexity index is 888. The van der Waals surface area contributed by atoms with Gasteiger partial charge in [-0.15, -0.1) is 11.3 Å². The molecule has 2 aromatic heterocycles. The molecule has 0 aliphatic rings. The highest BCUT2D eigenvalue weighted by atomic mass is 32.1. The van der Waals surface area contributed by atoms with Crippen molar-refractivity contribution in [1.29, 1.82) is 0 Å². The van der Waals surface area contributed by atoms with Crippen molar-refractivity contribution in [3.63, 3.8) is 0 Å². The van der Waals surface area contributed by atoms with E-state index >= 15 is 0 Å². The van der Waals surface area contributed by atoms with Crippen molar-refractivity contribution in [2.75, 3.05) is 0 Å². The van der Waals surface area contributed by atoms with Gasteiger partial charge in [0, 0.05) is 24.2 Å². The first-order valence-electron chi connectivity index (χ1n) is 7.55. The minimum Gasteiger partial charge on any atom is -0.481 e. The molecule has 0 saturated carbocycles. The zero-order chi connectivity index (χ0) is 17.8. The summed E-state index contributed by atoms with van der Waals surface area (Å²) in [7, 11) is 1.81. The molecule has 1 aromatic carbocycles. The Balaban J connectivity index is 1.77. The number of carboxylic acid groups (broad SMARTS) is 1. The van der Waals surface area contributed by atoms with Crippen molar-refractivity contribution in [3.8, 4) is 10.6 Å². The van der Waals surface area contributed by atoms with Crippen molar-refractivity contribution < 1.29 is 14.7 Å². The third-order valence-corrected chi connectivity index (χ3v) is 4.47. The first-order valence-corrected chi connectivity index (χ1v) is 8.43. The van der Waals surface area contributed by atoms with E-state index in [1.165, 1.54) is 11.3 Å². The summed E-state index contributed by atoms with van der Waals surface area (Å²) in [6.07, 6.45) is 3.30. The van der Waals surface area contributed by atoms with Gasteiger partial charge in [-0.3, -0.25) is 14.3 Å². The normalized spacial score (nSPS) is 11.9. The molecule has 0 radical (unpaired) electrons. The molecule has 7 nitrogen and oxygen atoms in total. The summed E-state index contributed by atoms with van der Waals surface area (Å²) < 4.78 is 1.66. The molecule has 8 heteroatoms. The summed E-state index contributed by atoms with van der Waals surface area (Å²) in [6, 6.07) is 8.41. The average Bonchev–Trinajstić information content (AvgIpc) is 3.23. The van der Waals surface area contributed by atoms with E-state index in [0.717, 1.165) is 11.1 Å². The molecule has 1 unspecified atom stereocenters. The molecule has 0 bridgehead atoms. The lowest BCUT2D eigenvalue weighted by molar-refractivity contribution is -0.137. The number of carbonyl (C=O) groups is 2. The van der Waals surface area contributed by atoms with Crippen LogP contribution in [0.4, 0.5) is 0 Å². The molecule has 0 aliphatic carbocycles. The molecular formula is C17H16N4O3S. The number of nitrogens with zero attached hydrogens (tertiary/aromatic N) is 3. The number of rotatable bonds is 6. The second kappa shape index (κ2) is 7.27. The number of aliphatic carboxylic acids is 1. The Morgan fingerprint density at radius 1 is 1.32 bits per heavy atom. The Labute approximate surface area is 148 Å². The third-order valence-electron chi connectivity index (χ3n) is 3.57. The van der Waals surface area contributed by atoms with Crippen LogP contribution in [0.5, 0.6) is 0 Å². The van der Waals surface area contributed by atoms with Crippen LogP contribution in [-0.4, -0.2) is 31.7 Å². The lowest BCUT2D eigenvalue weighted by atomic mass is 10.0. The molecule has 3 aromatic rings. The largest absolute Gasteiger partial charge is 0.481 e. The molecule has 2 N–H and O–H groups in total. The molecule has 1 atom stereocenters. The van der Waals surface area contributed by atoms with Gasteiger partial charge in [-0.05, 0) is 5.56 Å². The quantitative estimate of drug-likeness (QED) is 0.707. The van der Waals surface area contributed by atoms with Crippen LogP contribution >= 0.6 is 11.3 Å². The maximum atomic E-state index is 12.5. The van der Waals surface area contributed by atoms with Crippen LogP contribution in [0.1, 0.15) is 28.5 Å². The number of thiazole rings is 1. The lowest BCUT2D eigenvalue weighted by Gasteiger charge is -2.16. The Morgan fingerprint density at radius 3 is 2.72 bits per heavy atom. The fourth-order valence-corrected chi connectivity index (χ4v) is 3.16. The fourth-order valence-electron chi connectivity index (χ4n) is 2.39. The van der Waals surface area contributed by atoms with Gasteiger partial charge in [0.1, 0.15) is 10.7 Å². The van der Waals surface area contributed by atoms with E-state index in [1.54, 1.807) is 47.6 Å². The lowest BCUT2D eigenvalue weighted by Crippen LogP contribution is -2.30. The highest BCUT2D eigenvalue weighted by molar-refractivity contribution is 7.13. The highest BCUT2D eigenvalue weighted by Crippen LogP contribution is 2.24. The molecule has 0 aliphatic heterocycles. The van der Waals surface area contributed by atoms with Gasteiger partial charge in [0.15, 0.2) is 0 Å². The van der Waals surface area contributed by atoms with Gasteiger partial charge in [-0.2, -0.15) is 5.10 Å². The monoisotopic (exact) mass is 356 g/mol. The summed E-state index contributed by atoms with van der Waals surface area (Å²) in [4.78, 5) is 27.9. The molecule has 0 spiro atoms. The third kappa shape index (κ3) is 4.10. The first-order chi connectivity index (χ1) is 12.0. The summed E-state index contributed by atoms with van der Waals surface area (Å²) in [5.74, 6) is -1.38. The van der Waals surface area contributed by atoms with Gasteiger partial charge < -0.3 is 10.4 Å². The van der Waals surface area contributed by atoms with Crippen LogP contribution in [-0.2, 0) is 11.8 Å². The van der Waals surface area contributed by atoms with Crippen molar-refractivity contribution in [1.82, 2.24) is 20.1 Å². The van der Waals surface area contributed by atoms with E-state index in [-0.39, 0.29) is 12.1 Å². The number of aromatic nitrogens is 3. The molecule has 128 valence electrons. The molecule has 3 rings (SSSR count). The molecular weight excluding hydrogens is 340 g/mol. The van der Waals surface area contributed by atoms with Crippen molar-refractivity contribution >= 4 is 23.2 Å². The standard InChI is InChI=1S/C17H16N4O3S/c1-21-9-12(8-18-21)17-20-14(10-25-17)16(24)19-13(7-15(22)23)11-5-3-2-4-6-11/h2-6,8-10,13H,7H2,1H3,(H,19,24)(H,22,23). The van der Waals surface area contributed by atoms with Gasteiger partial charge >= 0.3 is 5.97 Å². The number of benzene rings is 1. The van der Waals surface area contributed by atoms with E-state index in [1.807, 2.05) is 12.3 Å². The Hall–Kier alpha value is -3.00. The number of nitrogens with one attached hydrogen (secondary N) is 1. The average molecular weight is 356 g/mol. The number of carbonyl (C=O) groups excluding carboxylic acids is 1. The van der Waals surface area contributed by atoms with Gasteiger partial charge in [-0.25, -0.2) is 4.98 Å². The number of amides is 1. The van der Waals surface area contributed by atoms with Crippen LogP contribution in [0, 0.1) is 0 Å². The van der Waals surface area contributed by atoms with Crippen LogP contribution in [0.3, 0.4) is 0 Å². The highest BCUT2D eigenvalue weighted by Gasteiger charge is 2.20.